The van der Waals surface area contributed by atoms with Crippen LogP contribution in [0.15, 0.2) is 0 Å². The van der Waals surface area contributed by atoms with Gasteiger partial charge in [0.1, 0.15) is 13.2 Å². The van der Waals surface area contributed by atoms with E-state index >= 15 is 0 Å². The Balaban J connectivity index is 2.21. The molecule has 0 atom stereocenters. The quantitative estimate of drug-likeness (QED) is 0.673. The number of nitrogens with zero attached hydrogens (tertiary/aromatic N) is 1. The van der Waals surface area contributed by atoms with Crippen LogP contribution in [-0.2, 0) is 19.1 Å². The lowest BCUT2D eigenvalue weighted by molar-refractivity contribution is -0.173. The first-order valence-electron chi connectivity index (χ1n) is 5.21. The van der Waals surface area contributed by atoms with Crippen molar-refractivity contribution in [3.8, 4) is 0 Å². The van der Waals surface area contributed by atoms with E-state index in [1.165, 1.54) is 0 Å². The fourth-order valence-electron chi connectivity index (χ4n) is 2.37. The summed E-state index contributed by atoms with van der Waals surface area (Å²) in [6, 6.07) is 0. The molecule has 1 heterocycles. The summed E-state index contributed by atoms with van der Waals surface area (Å²) in [7, 11) is 0. The van der Waals surface area contributed by atoms with E-state index in [0.29, 0.717) is 12.8 Å². The van der Waals surface area contributed by atoms with Crippen molar-refractivity contribution in [3.05, 3.63) is 0 Å². The Morgan fingerprint density at radius 2 is 1.88 bits per heavy atom. The molecule has 0 aromatic heterocycles. The normalized spacial score (nSPS) is 24.1. The maximum absolute atomic E-state index is 11.6. The summed E-state index contributed by atoms with van der Waals surface area (Å²) in [6.45, 7) is -0.264. The maximum Gasteiger partial charge on any atom is 0.305 e. The molecule has 1 saturated carbocycles. The summed E-state index contributed by atoms with van der Waals surface area (Å²) in [6.07, 6.45) is 1.85. The van der Waals surface area contributed by atoms with Gasteiger partial charge in [-0.05, 0) is 19.3 Å². The van der Waals surface area contributed by atoms with Gasteiger partial charge in [-0.2, -0.15) is 0 Å². The molecule has 2 amide bonds. The molecule has 16 heavy (non-hydrogen) atoms. The third kappa shape index (κ3) is 1.69. The molecule has 1 aliphatic heterocycles. The summed E-state index contributed by atoms with van der Waals surface area (Å²) in [5.41, 5.74) is -0.788. The standard InChI is InChI=1S/C10H13NO5/c12-7-5-16-6-8(13)11(7)10(2-1-3-10)4-9(14)15/h1-6H2,(H,14,15). The average molecular weight is 227 g/mol. The minimum Gasteiger partial charge on any atom is -0.481 e. The molecule has 2 fully saturated rings. The summed E-state index contributed by atoms with van der Waals surface area (Å²) in [5.74, 6) is -1.82. The molecule has 0 spiro atoms. The fourth-order valence-corrected chi connectivity index (χ4v) is 2.37. The van der Waals surface area contributed by atoms with E-state index in [1.54, 1.807) is 0 Å². The monoisotopic (exact) mass is 227 g/mol. The molecule has 0 aromatic carbocycles. The van der Waals surface area contributed by atoms with Crippen molar-refractivity contribution in [1.29, 1.82) is 0 Å². The lowest BCUT2D eigenvalue weighted by Gasteiger charge is -2.49. The molecule has 0 unspecified atom stereocenters. The van der Waals surface area contributed by atoms with E-state index in [9.17, 15) is 14.4 Å². The zero-order valence-electron chi connectivity index (χ0n) is 8.77. The lowest BCUT2D eigenvalue weighted by Crippen LogP contribution is -2.63. The number of carboxylic acid groups (broad SMARTS) is 1. The number of carbonyl (C=O) groups excluding carboxylic acids is 2. The number of hydrogen-bond acceptors (Lipinski definition) is 4. The highest BCUT2D eigenvalue weighted by atomic mass is 16.5. The van der Waals surface area contributed by atoms with Gasteiger partial charge in [0.25, 0.3) is 11.8 Å². The third-order valence-electron chi connectivity index (χ3n) is 3.19. The first kappa shape index (κ1) is 11.1. The zero-order chi connectivity index (χ0) is 11.8. The number of rotatable bonds is 3. The van der Waals surface area contributed by atoms with Crippen molar-refractivity contribution < 1.29 is 24.2 Å². The van der Waals surface area contributed by atoms with Crippen LogP contribution in [-0.4, -0.2) is 46.5 Å². The SMILES string of the molecule is O=C(O)CC1(N2C(=O)COCC2=O)CCC1. The number of imide groups is 1. The Morgan fingerprint density at radius 1 is 1.31 bits per heavy atom. The van der Waals surface area contributed by atoms with Gasteiger partial charge in [-0.25, -0.2) is 0 Å². The van der Waals surface area contributed by atoms with Gasteiger partial charge in [0, 0.05) is 0 Å². The highest BCUT2D eigenvalue weighted by Crippen LogP contribution is 2.41. The van der Waals surface area contributed by atoms with Crippen molar-refractivity contribution in [1.82, 2.24) is 4.90 Å². The second kappa shape index (κ2) is 3.86. The minimum absolute atomic E-state index is 0.132. The van der Waals surface area contributed by atoms with Gasteiger partial charge < -0.3 is 9.84 Å². The van der Waals surface area contributed by atoms with Crippen LogP contribution in [0.4, 0.5) is 0 Å². The number of amides is 2. The van der Waals surface area contributed by atoms with Crippen LogP contribution in [0.25, 0.3) is 0 Å². The number of ether oxygens (including phenoxy) is 1. The summed E-state index contributed by atoms with van der Waals surface area (Å²) >= 11 is 0. The third-order valence-corrected chi connectivity index (χ3v) is 3.19. The van der Waals surface area contributed by atoms with Gasteiger partial charge in [0.15, 0.2) is 0 Å². The Kier molecular flexibility index (Phi) is 2.67. The summed E-state index contributed by atoms with van der Waals surface area (Å²) in [4.78, 5) is 35.1. The van der Waals surface area contributed by atoms with E-state index in [0.717, 1.165) is 11.3 Å². The van der Waals surface area contributed by atoms with Gasteiger partial charge in [-0.15, -0.1) is 0 Å². The summed E-state index contributed by atoms with van der Waals surface area (Å²) < 4.78 is 4.80. The molecule has 1 N–H and O–H groups in total. The minimum atomic E-state index is -0.980. The first-order chi connectivity index (χ1) is 7.55. The maximum atomic E-state index is 11.6. The molecule has 6 heteroatoms. The Hall–Kier alpha value is -1.43. The summed E-state index contributed by atoms with van der Waals surface area (Å²) in [5, 5.41) is 8.84. The van der Waals surface area contributed by atoms with Gasteiger partial charge in [0.05, 0.1) is 12.0 Å². The van der Waals surface area contributed by atoms with E-state index < -0.39 is 23.3 Å². The number of morpholine rings is 1. The number of carbonyl (C=O) groups is 3. The molecule has 0 aromatic rings. The van der Waals surface area contributed by atoms with Crippen LogP contribution >= 0.6 is 0 Å². The predicted octanol–water partition coefficient (Wildman–Crippen LogP) is -0.231. The molecule has 88 valence electrons. The Morgan fingerprint density at radius 3 is 2.25 bits per heavy atom. The van der Waals surface area contributed by atoms with Crippen LogP contribution in [0.3, 0.4) is 0 Å². The van der Waals surface area contributed by atoms with Crippen molar-refractivity contribution in [3.63, 3.8) is 0 Å². The number of hydrogen-bond donors (Lipinski definition) is 1. The average Bonchev–Trinajstić information content (AvgIpc) is 2.12. The molecule has 1 aliphatic carbocycles. The van der Waals surface area contributed by atoms with Crippen LogP contribution < -0.4 is 0 Å². The smallest absolute Gasteiger partial charge is 0.305 e. The van der Waals surface area contributed by atoms with Gasteiger partial charge in [-0.3, -0.25) is 19.3 Å². The topological polar surface area (TPSA) is 83.9 Å². The molecule has 0 bridgehead atoms. The van der Waals surface area contributed by atoms with Gasteiger partial charge in [-0.1, -0.05) is 0 Å². The van der Waals surface area contributed by atoms with Crippen molar-refractivity contribution in [2.24, 2.45) is 0 Å². The van der Waals surface area contributed by atoms with Crippen molar-refractivity contribution in [2.75, 3.05) is 13.2 Å². The van der Waals surface area contributed by atoms with Crippen molar-refractivity contribution >= 4 is 17.8 Å². The Bertz CT molecular complexity index is 331. The zero-order valence-corrected chi connectivity index (χ0v) is 8.77. The molecular formula is C10H13NO5. The van der Waals surface area contributed by atoms with Crippen LogP contribution in [0, 0.1) is 0 Å². The van der Waals surface area contributed by atoms with E-state index in [2.05, 4.69) is 0 Å². The van der Waals surface area contributed by atoms with Crippen LogP contribution in [0.1, 0.15) is 25.7 Å². The van der Waals surface area contributed by atoms with E-state index in [-0.39, 0.29) is 19.6 Å². The van der Waals surface area contributed by atoms with Crippen LogP contribution in [0.5, 0.6) is 0 Å². The number of aliphatic carboxylic acids is 1. The van der Waals surface area contributed by atoms with E-state index in [1.807, 2.05) is 0 Å². The molecule has 2 aliphatic rings. The second-order valence-electron chi connectivity index (χ2n) is 4.26. The first-order valence-corrected chi connectivity index (χ1v) is 5.21. The van der Waals surface area contributed by atoms with Crippen molar-refractivity contribution in [2.45, 2.75) is 31.2 Å². The van der Waals surface area contributed by atoms with Gasteiger partial charge in [0.2, 0.25) is 0 Å². The number of carboxylic acids is 1. The lowest BCUT2D eigenvalue weighted by atomic mass is 9.72. The molecule has 0 radical (unpaired) electrons. The molecular weight excluding hydrogens is 214 g/mol. The molecule has 2 rings (SSSR count). The van der Waals surface area contributed by atoms with Gasteiger partial charge >= 0.3 is 5.97 Å². The van der Waals surface area contributed by atoms with E-state index in [4.69, 9.17) is 9.84 Å². The highest BCUT2D eigenvalue weighted by Gasteiger charge is 2.50. The second-order valence-corrected chi connectivity index (χ2v) is 4.26. The molecule has 6 nitrogen and oxygen atoms in total. The predicted molar refractivity (Wildman–Crippen MR) is 51.5 cm³/mol. The van der Waals surface area contributed by atoms with Crippen LogP contribution in [0.2, 0.25) is 0 Å². The largest absolute Gasteiger partial charge is 0.481 e. The molecule has 1 saturated heterocycles. The highest BCUT2D eigenvalue weighted by molar-refractivity contribution is 5.99. The fraction of sp³-hybridized carbons (Fsp3) is 0.700. The Labute approximate surface area is 92.2 Å².